The molecule has 1 aromatic heterocycles. The van der Waals surface area contributed by atoms with Gasteiger partial charge in [0.1, 0.15) is 5.75 Å². The third-order valence-electron chi connectivity index (χ3n) is 3.65. The van der Waals surface area contributed by atoms with Crippen LogP contribution in [-0.2, 0) is 18.3 Å². The van der Waals surface area contributed by atoms with E-state index in [1.54, 1.807) is 10.9 Å². The van der Waals surface area contributed by atoms with E-state index in [1.807, 2.05) is 45.2 Å². The van der Waals surface area contributed by atoms with Crippen molar-refractivity contribution in [3.8, 4) is 5.75 Å². The fraction of sp³-hybridized carbons (Fsp3) is 0.353. The molecular formula is C17H22N4O2. The van der Waals surface area contributed by atoms with Crippen molar-refractivity contribution in [1.82, 2.24) is 15.2 Å². The Morgan fingerprint density at radius 3 is 2.61 bits per heavy atom. The van der Waals surface area contributed by atoms with Crippen LogP contribution in [0.15, 0.2) is 29.4 Å². The third-order valence-corrected chi connectivity index (χ3v) is 3.65. The zero-order valence-electron chi connectivity index (χ0n) is 14.0. The lowest BCUT2D eigenvalue weighted by atomic mass is 10.2. The number of rotatable bonds is 6. The molecule has 1 N–H and O–H groups in total. The van der Waals surface area contributed by atoms with Crippen LogP contribution in [0.1, 0.15) is 29.4 Å². The number of ether oxygens (including phenoxy) is 1. The zero-order valence-corrected chi connectivity index (χ0v) is 14.0. The number of amides is 1. The molecule has 6 heteroatoms. The summed E-state index contributed by atoms with van der Waals surface area (Å²) < 4.78 is 7.20. The summed E-state index contributed by atoms with van der Waals surface area (Å²) in [6, 6.07) is 7.69. The van der Waals surface area contributed by atoms with Crippen LogP contribution in [0.4, 0.5) is 0 Å². The lowest BCUT2D eigenvalue weighted by molar-refractivity contribution is -0.123. The number of nitrogens with zero attached hydrogens (tertiary/aromatic N) is 3. The van der Waals surface area contributed by atoms with Gasteiger partial charge in [0.25, 0.3) is 5.91 Å². The minimum absolute atomic E-state index is 0.0756. The summed E-state index contributed by atoms with van der Waals surface area (Å²) in [7, 11) is 1.87. The first-order valence-corrected chi connectivity index (χ1v) is 7.55. The van der Waals surface area contributed by atoms with Gasteiger partial charge in [0.05, 0.1) is 11.9 Å². The van der Waals surface area contributed by atoms with Crippen LogP contribution in [-0.4, -0.2) is 28.5 Å². The number of hydrazone groups is 1. The monoisotopic (exact) mass is 314 g/mol. The Balaban J connectivity index is 1.83. The lowest BCUT2D eigenvalue weighted by Crippen LogP contribution is -2.24. The van der Waals surface area contributed by atoms with E-state index in [0.29, 0.717) is 5.75 Å². The number of aryl methyl sites for hydroxylation is 3. The van der Waals surface area contributed by atoms with E-state index in [4.69, 9.17) is 4.74 Å². The van der Waals surface area contributed by atoms with Crippen LogP contribution >= 0.6 is 0 Å². The Morgan fingerprint density at radius 2 is 2.04 bits per heavy atom. The van der Waals surface area contributed by atoms with E-state index in [2.05, 4.69) is 22.5 Å². The zero-order chi connectivity index (χ0) is 16.8. The van der Waals surface area contributed by atoms with Gasteiger partial charge in [-0.25, -0.2) is 5.43 Å². The van der Waals surface area contributed by atoms with Crippen LogP contribution in [0.5, 0.6) is 5.75 Å². The molecule has 0 fully saturated rings. The van der Waals surface area contributed by atoms with E-state index in [0.717, 1.165) is 23.4 Å². The predicted octanol–water partition coefficient (Wildman–Crippen LogP) is 2.13. The Morgan fingerprint density at radius 1 is 1.35 bits per heavy atom. The molecule has 1 amide bonds. The molecular weight excluding hydrogens is 292 g/mol. The molecule has 2 aromatic rings. The summed E-state index contributed by atoms with van der Waals surface area (Å²) in [5.74, 6) is 0.361. The fourth-order valence-corrected chi connectivity index (χ4v) is 2.15. The summed E-state index contributed by atoms with van der Waals surface area (Å²) in [6.45, 7) is 5.87. The van der Waals surface area contributed by atoms with Crippen LogP contribution in [0, 0.1) is 13.8 Å². The van der Waals surface area contributed by atoms with Crippen molar-refractivity contribution in [2.75, 3.05) is 6.61 Å². The molecule has 0 radical (unpaired) electrons. The second-order valence-electron chi connectivity index (χ2n) is 5.29. The van der Waals surface area contributed by atoms with E-state index in [-0.39, 0.29) is 12.5 Å². The first-order chi connectivity index (χ1) is 11.0. The van der Waals surface area contributed by atoms with Crippen LogP contribution in [0.25, 0.3) is 0 Å². The number of carbonyl (C=O) groups is 1. The highest BCUT2D eigenvalue weighted by molar-refractivity contribution is 5.84. The van der Waals surface area contributed by atoms with E-state index in [9.17, 15) is 4.79 Å². The molecule has 0 aliphatic carbocycles. The summed E-state index contributed by atoms with van der Waals surface area (Å²) in [4.78, 5) is 11.7. The van der Waals surface area contributed by atoms with E-state index in [1.165, 1.54) is 5.56 Å². The highest BCUT2D eigenvalue weighted by Gasteiger charge is 2.07. The van der Waals surface area contributed by atoms with Gasteiger partial charge >= 0.3 is 0 Å². The lowest BCUT2D eigenvalue weighted by Gasteiger charge is -2.05. The number of aromatic nitrogens is 2. The molecule has 122 valence electrons. The molecule has 0 spiro atoms. The average Bonchev–Trinajstić information content (AvgIpc) is 2.79. The third kappa shape index (κ3) is 4.42. The van der Waals surface area contributed by atoms with Crippen molar-refractivity contribution in [1.29, 1.82) is 0 Å². The van der Waals surface area contributed by atoms with Gasteiger partial charge in [-0.3, -0.25) is 9.48 Å². The quantitative estimate of drug-likeness (QED) is 0.656. The van der Waals surface area contributed by atoms with Crippen LogP contribution < -0.4 is 10.2 Å². The molecule has 2 rings (SSSR count). The molecule has 0 atom stereocenters. The van der Waals surface area contributed by atoms with Crippen LogP contribution in [0.2, 0.25) is 0 Å². The minimum Gasteiger partial charge on any atom is -0.484 e. The van der Waals surface area contributed by atoms with Crippen molar-refractivity contribution in [3.05, 3.63) is 46.8 Å². The van der Waals surface area contributed by atoms with Crippen molar-refractivity contribution < 1.29 is 9.53 Å². The summed E-state index contributed by atoms with van der Waals surface area (Å²) in [5, 5.41) is 8.24. The van der Waals surface area contributed by atoms with Crippen molar-refractivity contribution in [3.63, 3.8) is 0 Å². The Bertz CT molecular complexity index is 702. The number of hydrogen-bond acceptors (Lipinski definition) is 4. The summed E-state index contributed by atoms with van der Waals surface area (Å²) in [5.41, 5.74) is 6.46. The number of carbonyl (C=O) groups excluding carboxylic acids is 1. The smallest absolute Gasteiger partial charge is 0.277 e. The van der Waals surface area contributed by atoms with Gasteiger partial charge in [0, 0.05) is 18.3 Å². The van der Waals surface area contributed by atoms with Gasteiger partial charge in [0.2, 0.25) is 0 Å². The van der Waals surface area contributed by atoms with Crippen molar-refractivity contribution >= 4 is 12.1 Å². The highest BCUT2D eigenvalue weighted by atomic mass is 16.5. The topological polar surface area (TPSA) is 68.5 Å². The van der Waals surface area contributed by atoms with Crippen molar-refractivity contribution in [2.24, 2.45) is 12.1 Å². The predicted molar refractivity (Wildman–Crippen MR) is 89.7 cm³/mol. The van der Waals surface area contributed by atoms with E-state index < -0.39 is 0 Å². The van der Waals surface area contributed by atoms with E-state index >= 15 is 0 Å². The molecule has 6 nitrogen and oxygen atoms in total. The summed E-state index contributed by atoms with van der Waals surface area (Å²) >= 11 is 0. The van der Waals surface area contributed by atoms with Gasteiger partial charge in [-0.15, -0.1) is 0 Å². The largest absolute Gasteiger partial charge is 0.484 e. The van der Waals surface area contributed by atoms with Gasteiger partial charge < -0.3 is 4.74 Å². The van der Waals surface area contributed by atoms with Gasteiger partial charge in [-0.2, -0.15) is 10.2 Å². The number of hydrogen-bond donors (Lipinski definition) is 1. The molecule has 0 saturated carbocycles. The first kappa shape index (κ1) is 16.7. The minimum atomic E-state index is -0.306. The molecule has 0 bridgehead atoms. The maximum Gasteiger partial charge on any atom is 0.277 e. The second kappa shape index (κ2) is 7.58. The molecule has 1 heterocycles. The maximum atomic E-state index is 11.7. The van der Waals surface area contributed by atoms with Crippen LogP contribution in [0.3, 0.4) is 0 Å². The standard InChI is InChI=1S/C17H22N4O2/c1-5-14-6-8-15(9-7-14)23-11-17(22)19-18-10-16-12(2)20-21(4)13(16)3/h6-10H,5,11H2,1-4H3,(H,19,22)/b18-10-. The normalized spacial score (nSPS) is 11.0. The Labute approximate surface area is 136 Å². The number of benzene rings is 1. The molecule has 23 heavy (non-hydrogen) atoms. The first-order valence-electron chi connectivity index (χ1n) is 7.55. The SMILES string of the molecule is CCc1ccc(OCC(=O)N/N=C\c2c(C)nn(C)c2C)cc1. The average molecular weight is 314 g/mol. The van der Waals surface area contributed by atoms with Crippen molar-refractivity contribution in [2.45, 2.75) is 27.2 Å². The maximum absolute atomic E-state index is 11.7. The second-order valence-corrected chi connectivity index (χ2v) is 5.29. The molecule has 1 aromatic carbocycles. The Hall–Kier alpha value is -2.63. The summed E-state index contributed by atoms with van der Waals surface area (Å²) in [6.07, 6.45) is 2.58. The van der Waals surface area contributed by atoms with Gasteiger partial charge in [-0.05, 0) is 38.0 Å². The molecule has 0 aliphatic heterocycles. The highest BCUT2D eigenvalue weighted by Crippen LogP contribution is 2.12. The van der Waals surface area contributed by atoms with Gasteiger partial charge in [0.15, 0.2) is 6.61 Å². The molecule has 0 unspecified atom stereocenters. The Kier molecular flexibility index (Phi) is 5.51. The fourth-order valence-electron chi connectivity index (χ4n) is 2.15. The molecule has 0 aliphatic rings. The van der Waals surface area contributed by atoms with Gasteiger partial charge in [-0.1, -0.05) is 19.1 Å². The molecule has 0 saturated heterocycles. The number of nitrogens with one attached hydrogen (secondary N) is 1.